The van der Waals surface area contributed by atoms with Gasteiger partial charge in [0.15, 0.2) is 6.10 Å². The molecule has 19 heavy (non-hydrogen) atoms. The monoisotopic (exact) mass is 264 g/mol. The number of hydrogen-bond acceptors (Lipinski definition) is 8. The minimum atomic E-state index is -0.459. The highest BCUT2D eigenvalue weighted by Gasteiger charge is 2.23. The van der Waals surface area contributed by atoms with Crippen molar-refractivity contribution < 1.29 is 9.47 Å². The van der Waals surface area contributed by atoms with Gasteiger partial charge in [0.25, 0.3) is 0 Å². The smallest absolute Gasteiger partial charge is 0.323 e. The van der Waals surface area contributed by atoms with Crippen LogP contribution in [0.5, 0.6) is 6.01 Å². The predicted molar refractivity (Wildman–Crippen MR) is 68.1 cm³/mol. The predicted octanol–water partition coefficient (Wildman–Crippen LogP) is 0.0408. The molecule has 0 aromatic carbocycles. The molecule has 1 aromatic heterocycles. The first-order chi connectivity index (χ1) is 9.26. The highest BCUT2D eigenvalue weighted by Crippen LogP contribution is 2.17. The third-order valence-electron chi connectivity index (χ3n) is 2.59. The van der Waals surface area contributed by atoms with Crippen LogP contribution in [0.15, 0.2) is 0 Å². The molecule has 1 aliphatic rings. The highest BCUT2D eigenvalue weighted by molar-refractivity contribution is 5.38. The van der Waals surface area contributed by atoms with E-state index in [0.29, 0.717) is 38.2 Å². The second-order valence-electron chi connectivity index (χ2n) is 3.86. The van der Waals surface area contributed by atoms with E-state index in [2.05, 4.69) is 26.3 Å². The van der Waals surface area contributed by atoms with E-state index in [1.54, 1.807) is 7.05 Å². The molecule has 1 saturated heterocycles. The van der Waals surface area contributed by atoms with Crippen LogP contribution in [-0.4, -0.2) is 54.4 Å². The van der Waals surface area contributed by atoms with Crippen molar-refractivity contribution in [1.29, 1.82) is 5.26 Å². The molecule has 0 radical (unpaired) electrons. The van der Waals surface area contributed by atoms with Crippen LogP contribution >= 0.6 is 0 Å². The lowest BCUT2D eigenvalue weighted by Gasteiger charge is -2.29. The summed E-state index contributed by atoms with van der Waals surface area (Å²) >= 11 is 0. The van der Waals surface area contributed by atoms with Crippen molar-refractivity contribution >= 4 is 11.9 Å². The Labute approximate surface area is 111 Å². The number of anilines is 2. The van der Waals surface area contributed by atoms with Gasteiger partial charge in [0, 0.05) is 13.6 Å². The number of nitriles is 1. The van der Waals surface area contributed by atoms with Crippen molar-refractivity contribution in [2.75, 3.05) is 43.6 Å². The molecule has 2 rings (SSSR count). The summed E-state index contributed by atoms with van der Waals surface area (Å²) in [6.45, 7) is 3.90. The lowest BCUT2D eigenvalue weighted by molar-refractivity contribution is 0.0757. The molecular weight excluding hydrogens is 248 g/mol. The van der Waals surface area contributed by atoms with Crippen LogP contribution in [0.3, 0.4) is 0 Å². The standard InChI is InChI=1S/C11H16N6O2/c1-3-18-11-15-9(13-2)14-10(16-11)17-4-5-19-8(6-12)7-17/h8H,3-5,7H2,1-2H3,(H,13,14,15,16). The van der Waals surface area contributed by atoms with Gasteiger partial charge in [0.05, 0.1) is 25.8 Å². The fourth-order valence-corrected chi connectivity index (χ4v) is 1.70. The maximum absolute atomic E-state index is 8.90. The molecule has 8 heteroatoms. The van der Waals surface area contributed by atoms with Gasteiger partial charge in [-0.1, -0.05) is 0 Å². The molecule has 0 aliphatic carbocycles. The second kappa shape index (κ2) is 6.15. The molecular formula is C11H16N6O2. The van der Waals surface area contributed by atoms with Gasteiger partial charge in [-0.2, -0.15) is 20.2 Å². The van der Waals surface area contributed by atoms with Crippen molar-refractivity contribution in [1.82, 2.24) is 15.0 Å². The summed E-state index contributed by atoms with van der Waals surface area (Å²) in [6, 6.07) is 2.36. The molecule has 1 unspecified atom stereocenters. The van der Waals surface area contributed by atoms with Crippen molar-refractivity contribution in [2.24, 2.45) is 0 Å². The van der Waals surface area contributed by atoms with Crippen LogP contribution in [0.1, 0.15) is 6.92 Å². The maximum atomic E-state index is 8.90. The first-order valence-corrected chi connectivity index (χ1v) is 6.09. The summed E-state index contributed by atoms with van der Waals surface area (Å²) in [5.74, 6) is 0.930. The molecule has 0 bridgehead atoms. The second-order valence-corrected chi connectivity index (χ2v) is 3.86. The Morgan fingerprint density at radius 3 is 3.05 bits per heavy atom. The van der Waals surface area contributed by atoms with E-state index >= 15 is 0 Å². The fourth-order valence-electron chi connectivity index (χ4n) is 1.70. The van der Waals surface area contributed by atoms with Gasteiger partial charge in [-0.05, 0) is 6.92 Å². The normalized spacial score (nSPS) is 18.8. The molecule has 1 N–H and O–H groups in total. The number of hydrogen-bond donors (Lipinski definition) is 1. The van der Waals surface area contributed by atoms with E-state index in [1.165, 1.54) is 0 Å². The van der Waals surface area contributed by atoms with Crippen LogP contribution in [0.4, 0.5) is 11.9 Å². The Hall–Kier alpha value is -2.14. The molecule has 0 amide bonds. The summed E-state index contributed by atoms with van der Waals surface area (Å²) in [6.07, 6.45) is -0.459. The van der Waals surface area contributed by atoms with E-state index in [0.717, 1.165) is 0 Å². The average Bonchev–Trinajstić information content (AvgIpc) is 2.47. The van der Waals surface area contributed by atoms with Crippen molar-refractivity contribution in [3.05, 3.63) is 0 Å². The van der Waals surface area contributed by atoms with Gasteiger partial charge in [0.2, 0.25) is 11.9 Å². The van der Waals surface area contributed by atoms with Gasteiger partial charge in [-0.15, -0.1) is 0 Å². The third-order valence-corrected chi connectivity index (χ3v) is 2.59. The Morgan fingerprint density at radius 2 is 2.37 bits per heavy atom. The lowest BCUT2D eigenvalue weighted by atomic mass is 10.3. The van der Waals surface area contributed by atoms with E-state index in [4.69, 9.17) is 14.7 Å². The van der Waals surface area contributed by atoms with E-state index in [9.17, 15) is 0 Å². The zero-order chi connectivity index (χ0) is 13.7. The number of nitrogens with zero attached hydrogens (tertiary/aromatic N) is 5. The number of morpholine rings is 1. The SMILES string of the molecule is CCOc1nc(NC)nc(N2CCOC(C#N)C2)n1. The number of ether oxygens (including phenoxy) is 2. The molecule has 1 aliphatic heterocycles. The lowest BCUT2D eigenvalue weighted by Crippen LogP contribution is -2.42. The molecule has 1 atom stereocenters. The topological polar surface area (TPSA) is 96.2 Å². The summed E-state index contributed by atoms with van der Waals surface area (Å²) in [7, 11) is 1.73. The Morgan fingerprint density at radius 1 is 1.53 bits per heavy atom. The summed E-state index contributed by atoms with van der Waals surface area (Å²) in [4.78, 5) is 14.5. The highest BCUT2D eigenvalue weighted by atomic mass is 16.5. The van der Waals surface area contributed by atoms with Crippen LogP contribution in [0.2, 0.25) is 0 Å². The van der Waals surface area contributed by atoms with Gasteiger partial charge < -0.3 is 19.7 Å². The van der Waals surface area contributed by atoms with Gasteiger partial charge in [-0.25, -0.2) is 0 Å². The van der Waals surface area contributed by atoms with Crippen LogP contribution in [0.25, 0.3) is 0 Å². The summed E-state index contributed by atoms with van der Waals surface area (Å²) in [5.41, 5.74) is 0. The Kier molecular flexibility index (Phi) is 4.30. The van der Waals surface area contributed by atoms with E-state index in [-0.39, 0.29) is 6.01 Å². The third kappa shape index (κ3) is 3.20. The first-order valence-electron chi connectivity index (χ1n) is 6.09. The van der Waals surface area contributed by atoms with Crippen molar-refractivity contribution in [2.45, 2.75) is 13.0 Å². The molecule has 0 spiro atoms. The molecule has 8 nitrogen and oxygen atoms in total. The molecule has 0 saturated carbocycles. The minimum absolute atomic E-state index is 0.275. The largest absolute Gasteiger partial charge is 0.464 e. The zero-order valence-corrected chi connectivity index (χ0v) is 11.0. The number of rotatable bonds is 4. The Bertz CT molecular complexity index is 475. The average molecular weight is 264 g/mol. The first kappa shape index (κ1) is 13.3. The van der Waals surface area contributed by atoms with Crippen LogP contribution < -0.4 is 15.0 Å². The van der Waals surface area contributed by atoms with Gasteiger partial charge >= 0.3 is 6.01 Å². The molecule has 1 fully saturated rings. The van der Waals surface area contributed by atoms with Crippen LogP contribution in [-0.2, 0) is 4.74 Å². The summed E-state index contributed by atoms with van der Waals surface area (Å²) in [5, 5.41) is 11.8. The number of aromatic nitrogens is 3. The van der Waals surface area contributed by atoms with Crippen LogP contribution in [0, 0.1) is 11.3 Å². The van der Waals surface area contributed by atoms with E-state index in [1.807, 2.05) is 11.8 Å². The van der Waals surface area contributed by atoms with Crippen molar-refractivity contribution in [3.8, 4) is 12.1 Å². The number of nitrogens with one attached hydrogen (secondary N) is 1. The summed E-state index contributed by atoms with van der Waals surface area (Å²) < 4.78 is 10.6. The van der Waals surface area contributed by atoms with Gasteiger partial charge in [-0.3, -0.25) is 0 Å². The minimum Gasteiger partial charge on any atom is -0.464 e. The molecule has 102 valence electrons. The van der Waals surface area contributed by atoms with Gasteiger partial charge in [0.1, 0.15) is 0 Å². The fraction of sp³-hybridized carbons (Fsp3) is 0.636. The van der Waals surface area contributed by atoms with E-state index < -0.39 is 6.10 Å². The maximum Gasteiger partial charge on any atom is 0.323 e. The zero-order valence-electron chi connectivity index (χ0n) is 11.0. The van der Waals surface area contributed by atoms with Crippen molar-refractivity contribution in [3.63, 3.8) is 0 Å². The quantitative estimate of drug-likeness (QED) is 0.814. The molecule has 2 heterocycles. The molecule has 1 aromatic rings. The Balaban J connectivity index is 2.22.